The molecule has 0 amide bonds. The molecule has 0 radical (unpaired) electrons. The van der Waals surface area contributed by atoms with Crippen molar-refractivity contribution in [2.24, 2.45) is 0 Å². The quantitative estimate of drug-likeness (QED) is 0.278. The third-order valence-electron chi connectivity index (χ3n) is 5.15. The van der Waals surface area contributed by atoms with Gasteiger partial charge in [-0.05, 0) is 42.0 Å². The zero-order valence-corrected chi connectivity index (χ0v) is 18.8. The van der Waals surface area contributed by atoms with Gasteiger partial charge in [-0.3, -0.25) is 14.6 Å². The summed E-state index contributed by atoms with van der Waals surface area (Å²) in [6.45, 7) is 0. The minimum atomic E-state index is -3.83. The van der Waals surface area contributed by atoms with E-state index >= 15 is 0 Å². The Morgan fingerprint density at radius 1 is 1.09 bits per heavy atom. The van der Waals surface area contributed by atoms with Crippen molar-refractivity contribution in [3.63, 3.8) is 0 Å². The highest BCUT2D eigenvalue weighted by atomic mass is 32.2. The minimum absolute atomic E-state index is 0.0927. The molecular weight excluding hydrogens is 463 g/mol. The fraction of sp³-hybridized carbons (Fsp3) is 0.174. The summed E-state index contributed by atoms with van der Waals surface area (Å²) in [5.41, 5.74) is 1.94. The van der Waals surface area contributed by atoms with Gasteiger partial charge < -0.3 is 4.74 Å². The van der Waals surface area contributed by atoms with Gasteiger partial charge in [0, 0.05) is 29.8 Å². The summed E-state index contributed by atoms with van der Waals surface area (Å²) >= 11 is 0. The Kier molecular flexibility index (Phi) is 6.46. The Balaban J connectivity index is 1.59. The molecule has 4 rings (SSSR count). The van der Waals surface area contributed by atoms with Gasteiger partial charge in [-0.25, -0.2) is 22.5 Å². The van der Waals surface area contributed by atoms with Crippen molar-refractivity contribution in [1.29, 1.82) is 0 Å². The summed E-state index contributed by atoms with van der Waals surface area (Å²) in [4.78, 5) is 32.4. The molecule has 0 fully saturated rings. The number of ether oxygens (including phenoxy) is 1. The number of hydrogen-bond donors (Lipinski definition) is 0. The lowest BCUT2D eigenvalue weighted by atomic mass is 10.0. The van der Waals surface area contributed by atoms with Crippen molar-refractivity contribution in [2.45, 2.75) is 17.9 Å². The lowest BCUT2D eigenvalue weighted by Crippen LogP contribution is -2.14. The Bertz CT molecular complexity index is 1480. The largest absolute Gasteiger partial charge is 0.469 e. The highest BCUT2D eigenvalue weighted by Crippen LogP contribution is 2.23. The molecule has 0 saturated carbocycles. The van der Waals surface area contributed by atoms with Crippen LogP contribution in [0.4, 0.5) is 4.39 Å². The summed E-state index contributed by atoms with van der Waals surface area (Å²) < 4.78 is 44.3. The first-order valence-electron chi connectivity index (χ1n) is 10.1. The average molecular weight is 482 g/mol. The number of ketones is 1. The smallest absolute Gasteiger partial charge is 0.306 e. The lowest BCUT2D eigenvalue weighted by Gasteiger charge is -2.07. The van der Waals surface area contributed by atoms with Crippen LogP contribution in [0.3, 0.4) is 0 Å². The van der Waals surface area contributed by atoms with Crippen LogP contribution < -0.4 is 0 Å². The Morgan fingerprint density at radius 3 is 2.59 bits per heavy atom. The van der Waals surface area contributed by atoms with E-state index in [1.807, 2.05) is 0 Å². The second-order valence-corrected chi connectivity index (χ2v) is 9.46. The van der Waals surface area contributed by atoms with Crippen LogP contribution >= 0.6 is 0 Å². The maximum absolute atomic E-state index is 13.3. The number of benzene rings is 1. The van der Waals surface area contributed by atoms with E-state index in [1.54, 1.807) is 29.1 Å². The van der Waals surface area contributed by atoms with Gasteiger partial charge in [0.1, 0.15) is 5.82 Å². The van der Waals surface area contributed by atoms with Gasteiger partial charge in [0.05, 0.1) is 42.9 Å². The fourth-order valence-electron chi connectivity index (χ4n) is 3.39. The van der Waals surface area contributed by atoms with Gasteiger partial charge in [0.2, 0.25) is 0 Å². The van der Waals surface area contributed by atoms with Crippen LogP contribution in [0.25, 0.3) is 16.6 Å². The molecule has 34 heavy (non-hydrogen) atoms. The molecule has 0 aliphatic rings. The minimum Gasteiger partial charge on any atom is -0.469 e. The van der Waals surface area contributed by atoms with Crippen LogP contribution in [0.5, 0.6) is 0 Å². The molecule has 0 spiro atoms. The molecule has 4 aromatic rings. The van der Waals surface area contributed by atoms with Crippen molar-refractivity contribution in [1.82, 2.24) is 19.7 Å². The van der Waals surface area contributed by atoms with Crippen LogP contribution in [-0.2, 0) is 25.8 Å². The number of aromatic nitrogens is 4. The molecule has 0 atom stereocenters. The van der Waals surface area contributed by atoms with E-state index < -0.39 is 21.6 Å². The predicted octanol–water partition coefficient (Wildman–Crippen LogP) is 2.72. The number of halogens is 1. The molecule has 0 unspecified atom stereocenters. The molecule has 0 N–H and O–H groups in total. The molecule has 3 aromatic heterocycles. The Hall–Kier alpha value is -3.99. The number of carbonyl (C=O) groups is 2. The molecule has 0 bridgehead atoms. The zero-order valence-electron chi connectivity index (χ0n) is 18.0. The van der Waals surface area contributed by atoms with Crippen molar-refractivity contribution < 1.29 is 27.1 Å². The molecule has 11 heteroatoms. The summed E-state index contributed by atoms with van der Waals surface area (Å²) in [5.74, 6) is -1.76. The van der Waals surface area contributed by atoms with Gasteiger partial charge in [-0.1, -0.05) is 0 Å². The maximum atomic E-state index is 13.3. The van der Waals surface area contributed by atoms with E-state index in [1.165, 1.54) is 43.9 Å². The average Bonchev–Trinajstić information content (AvgIpc) is 3.27. The highest BCUT2D eigenvalue weighted by Gasteiger charge is 2.20. The Labute approximate surface area is 194 Å². The lowest BCUT2D eigenvalue weighted by molar-refractivity contribution is -0.140. The van der Waals surface area contributed by atoms with Gasteiger partial charge >= 0.3 is 5.97 Å². The SMILES string of the molecule is COC(=O)CCS(=O)(=O)c1cc(CC(=O)c2cncc3c2cnn3-c2ccc(F)cc2)ccn1. The summed E-state index contributed by atoms with van der Waals surface area (Å²) in [6, 6.07) is 8.62. The first-order valence-corrected chi connectivity index (χ1v) is 11.8. The number of fused-ring (bicyclic) bond motifs is 1. The highest BCUT2D eigenvalue weighted by molar-refractivity contribution is 7.91. The molecular formula is C23H19FN4O5S. The van der Waals surface area contributed by atoms with Crippen molar-refractivity contribution in [3.8, 4) is 5.69 Å². The van der Waals surface area contributed by atoms with Crippen LogP contribution in [-0.4, -0.2) is 52.8 Å². The molecule has 3 heterocycles. The number of Topliss-reactive ketones (excluding diaryl/α,β-unsaturated/α-hetero) is 1. The van der Waals surface area contributed by atoms with Crippen LogP contribution in [0.2, 0.25) is 0 Å². The van der Waals surface area contributed by atoms with Gasteiger partial charge in [0.15, 0.2) is 20.6 Å². The first-order chi connectivity index (χ1) is 16.3. The van der Waals surface area contributed by atoms with Crippen molar-refractivity contribution in [3.05, 3.63) is 78.1 Å². The van der Waals surface area contributed by atoms with Crippen LogP contribution in [0, 0.1) is 5.82 Å². The number of nitrogens with zero attached hydrogens (tertiary/aromatic N) is 4. The van der Waals surface area contributed by atoms with E-state index in [0.717, 1.165) is 0 Å². The number of sulfone groups is 1. The number of hydrogen-bond acceptors (Lipinski definition) is 8. The number of rotatable bonds is 8. The summed E-state index contributed by atoms with van der Waals surface area (Å²) in [6.07, 6.45) is 5.43. The second kappa shape index (κ2) is 9.48. The standard InChI is InChI=1S/C23H19FN4O5S/c1-33-23(30)7-9-34(31,32)22-11-15(6-8-26-22)10-21(29)19-12-25-14-20-18(19)13-27-28(20)17-4-2-16(24)3-5-17/h2-6,8,11-14H,7,9-10H2,1H3. The number of pyridine rings is 2. The van der Waals surface area contributed by atoms with E-state index in [2.05, 4.69) is 19.8 Å². The van der Waals surface area contributed by atoms with Gasteiger partial charge in [0.25, 0.3) is 0 Å². The number of esters is 1. The molecule has 0 aliphatic heterocycles. The van der Waals surface area contributed by atoms with Crippen LogP contribution in [0.1, 0.15) is 22.3 Å². The predicted molar refractivity (Wildman–Crippen MR) is 120 cm³/mol. The van der Waals surface area contributed by atoms with Crippen LogP contribution in [0.15, 0.2) is 66.2 Å². The first kappa shape index (κ1) is 23.2. The van der Waals surface area contributed by atoms with Gasteiger partial charge in [-0.2, -0.15) is 5.10 Å². The molecule has 174 valence electrons. The van der Waals surface area contributed by atoms with Crippen molar-refractivity contribution >= 4 is 32.5 Å². The molecule has 1 aromatic carbocycles. The summed E-state index contributed by atoms with van der Waals surface area (Å²) in [5, 5.41) is 4.65. The van der Waals surface area contributed by atoms with E-state index in [-0.39, 0.29) is 29.5 Å². The van der Waals surface area contributed by atoms with E-state index in [4.69, 9.17) is 0 Å². The maximum Gasteiger partial charge on any atom is 0.306 e. The third-order valence-corrected chi connectivity index (χ3v) is 6.76. The normalized spacial score (nSPS) is 11.5. The van der Waals surface area contributed by atoms with Crippen molar-refractivity contribution in [2.75, 3.05) is 12.9 Å². The molecule has 0 aliphatic carbocycles. The number of carbonyl (C=O) groups excluding carboxylic acids is 2. The molecule has 9 nitrogen and oxygen atoms in total. The zero-order chi connectivity index (χ0) is 24.3. The fourth-order valence-corrected chi connectivity index (χ4v) is 4.58. The van der Waals surface area contributed by atoms with Gasteiger partial charge in [-0.15, -0.1) is 0 Å². The number of methoxy groups -OCH3 is 1. The van der Waals surface area contributed by atoms with E-state index in [0.29, 0.717) is 27.7 Å². The monoisotopic (exact) mass is 482 g/mol. The topological polar surface area (TPSA) is 121 Å². The third kappa shape index (κ3) is 4.84. The second-order valence-electron chi connectivity index (χ2n) is 7.40. The van der Waals surface area contributed by atoms with E-state index in [9.17, 15) is 22.4 Å². The molecule has 0 saturated heterocycles. The summed E-state index contributed by atoms with van der Waals surface area (Å²) in [7, 11) is -2.65. The Morgan fingerprint density at radius 2 is 1.85 bits per heavy atom.